The third-order valence-corrected chi connectivity index (χ3v) is 3.74. The predicted octanol–water partition coefficient (Wildman–Crippen LogP) is 4.08. The van der Waals surface area contributed by atoms with E-state index in [4.69, 9.17) is 23.2 Å². The van der Waals surface area contributed by atoms with Gasteiger partial charge < -0.3 is 0 Å². The van der Waals surface area contributed by atoms with Crippen LogP contribution in [-0.2, 0) is 11.2 Å². The molecule has 0 N–H and O–H groups in total. The fourth-order valence-electron chi connectivity index (χ4n) is 1.44. The Labute approximate surface area is 113 Å². The summed E-state index contributed by atoms with van der Waals surface area (Å²) in [7, 11) is 0. The molecule has 2 aromatic rings. The second-order valence-electron chi connectivity index (χ2n) is 3.56. The van der Waals surface area contributed by atoms with Gasteiger partial charge in [-0.3, -0.25) is 4.79 Å². The molecule has 1 heterocycles. The molecule has 0 aliphatic heterocycles. The monoisotopic (exact) mass is 285 g/mol. The lowest BCUT2D eigenvalue weighted by Crippen LogP contribution is -1.95. The normalized spacial score (nSPS) is 10.5. The van der Waals surface area contributed by atoms with Crippen molar-refractivity contribution in [1.82, 2.24) is 4.98 Å². The molecule has 0 spiro atoms. The van der Waals surface area contributed by atoms with Crippen molar-refractivity contribution in [2.45, 2.75) is 13.3 Å². The van der Waals surface area contributed by atoms with Crippen molar-refractivity contribution in [3.8, 4) is 10.6 Å². The number of carbonyl (C=O) groups excluding carboxylic acids is 1. The molecule has 0 saturated carbocycles. The molecule has 2 rings (SSSR count). The van der Waals surface area contributed by atoms with Gasteiger partial charge in [-0.2, -0.15) is 0 Å². The summed E-state index contributed by atoms with van der Waals surface area (Å²) in [4.78, 5) is 16.3. The Morgan fingerprint density at radius 2 is 2.00 bits per heavy atom. The zero-order valence-corrected chi connectivity index (χ0v) is 11.4. The van der Waals surface area contributed by atoms with Gasteiger partial charge in [-0.15, -0.1) is 11.3 Å². The number of rotatable bonds is 3. The Morgan fingerprint density at radius 3 is 2.59 bits per heavy atom. The van der Waals surface area contributed by atoms with Crippen LogP contribution in [0.25, 0.3) is 10.6 Å². The number of halogens is 2. The molecule has 5 heteroatoms. The lowest BCUT2D eigenvalue weighted by molar-refractivity contribution is -0.111. The van der Waals surface area contributed by atoms with E-state index in [2.05, 4.69) is 4.98 Å². The van der Waals surface area contributed by atoms with E-state index in [1.54, 1.807) is 11.3 Å². The van der Waals surface area contributed by atoms with E-state index in [1.807, 2.05) is 31.2 Å². The van der Waals surface area contributed by atoms with E-state index in [-0.39, 0.29) is 11.7 Å². The van der Waals surface area contributed by atoms with Gasteiger partial charge in [-0.25, -0.2) is 4.98 Å². The molecule has 0 aliphatic rings. The van der Waals surface area contributed by atoms with Crippen LogP contribution >= 0.6 is 34.5 Å². The molecule has 0 bridgehead atoms. The highest BCUT2D eigenvalue weighted by molar-refractivity contribution is 7.15. The highest BCUT2D eigenvalue weighted by Crippen LogP contribution is 2.28. The lowest BCUT2D eigenvalue weighted by Gasteiger charge is -1.95. The Bertz CT molecular complexity index is 548. The van der Waals surface area contributed by atoms with Gasteiger partial charge in [0.2, 0.25) is 5.24 Å². The summed E-state index contributed by atoms with van der Waals surface area (Å²) in [6, 6.07) is 7.46. The lowest BCUT2D eigenvalue weighted by atomic mass is 10.2. The van der Waals surface area contributed by atoms with Crippen molar-refractivity contribution < 1.29 is 4.79 Å². The summed E-state index contributed by atoms with van der Waals surface area (Å²) in [5.74, 6) is 0. The maximum absolute atomic E-state index is 10.9. The largest absolute Gasteiger partial charge is 0.281 e. The van der Waals surface area contributed by atoms with Gasteiger partial charge in [0.15, 0.2) is 0 Å². The third-order valence-electron chi connectivity index (χ3n) is 2.29. The second-order valence-corrected chi connectivity index (χ2v) is 5.62. The molecule has 0 radical (unpaired) electrons. The molecule has 0 fully saturated rings. The number of aryl methyl sites for hydroxylation is 1. The highest BCUT2D eigenvalue weighted by Gasteiger charge is 2.11. The minimum absolute atomic E-state index is 0.178. The second kappa shape index (κ2) is 5.17. The smallest absolute Gasteiger partial charge is 0.227 e. The Hall–Kier alpha value is -0.900. The number of hydrogen-bond acceptors (Lipinski definition) is 3. The van der Waals surface area contributed by atoms with E-state index >= 15 is 0 Å². The Kier molecular flexibility index (Phi) is 3.82. The maximum atomic E-state index is 10.9. The molecule has 2 nitrogen and oxygen atoms in total. The van der Waals surface area contributed by atoms with Gasteiger partial charge in [0.05, 0.1) is 12.1 Å². The summed E-state index contributed by atoms with van der Waals surface area (Å²) in [5, 5.41) is 1.19. The number of carbonyl (C=O) groups is 1. The van der Waals surface area contributed by atoms with Crippen LogP contribution in [0.1, 0.15) is 10.6 Å². The zero-order chi connectivity index (χ0) is 12.4. The number of hydrogen-bond donors (Lipinski definition) is 0. The topological polar surface area (TPSA) is 30.0 Å². The first-order valence-corrected chi connectivity index (χ1v) is 6.54. The summed E-state index contributed by atoms with van der Waals surface area (Å²) < 4.78 is 0. The number of thiazole rings is 1. The quantitative estimate of drug-likeness (QED) is 0.796. The van der Waals surface area contributed by atoms with E-state index in [9.17, 15) is 4.79 Å². The van der Waals surface area contributed by atoms with Crippen LogP contribution in [0.2, 0.25) is 5.02 Å². The van der Waals surface area contributed by atoms with Crippen LogP contribution in [0, 0.1) is 6.92 Å². The molecule has 0 unspecified atom stereocenters. The number of nitrogens with zero attached hydrogens (tertiary/aromatic N) is 1. The van der Waals surface area contributed by atoms with Crippen molar-refractivity contribution >= 4 is 39.8 Å². The fourth-order valence-corrected chi connectivity index (χ4v) is 2.63. The molecule has 1 aromatic carbocycles. The van der Waals surface area contributed by atoms with Gasteiger partial charge in [0, 0.05) is 15.5 Å². The predicted molar refractivity (Wildman–Crippen MR) is 71.9 cm³/mol. The molecule has 0 aliphatic carbocycles. The van der Waals surface area contributed by atoms with E-state index < -0.39 is 0 Å². The van der Waals surface area contributed by atoms with E-state index in [0.717, 1.165) is 21.1 Å². The van der Waals surface area contributed by atoms with Gasteiger partial charge >= 0.3 is 0 Å². The first-order valence-electron chi connectivity index (χ1n) is 4.97. The SMILES string of the molecule is Cc1sc(-c2ccc(Cl)cc2)nc1CC(=O)Cl. The first-order chi connectivity index (χ1) is 8.06. The van der Waals surface area contributed by atoms with Crippen LogP contribution in [0.3, 0.4) is 0 Å². The third kappa shape index (κ3) is 3.06. The van der Waals surface area contributed by atoms with Crippen molar-refractivity contribution in [3.05, 3.63) is 39.9 Å². The van der Waals surface area contributed by atoms with Gasteiger partial charge in [-0.05, 0) is 30.7 Å². The van der Waals surface area contributed by atoms with Crippen molar-refractivity contribution in [2.24, 2.45) is 0 Å². The van der Waals surface area contributed by atoms with Crippen LogP contribution in [0.4, 0.5) is 0 Å². The zero-order valence-electron chi connectivity index (χ0n) is 9.04. The number of aromatic nitrogens is 1. The number of benzene rings is 1. The molecule has 0 amide bonds. The van der Waals surface area contributed by atoms with Crippen molar-refractivity contribution in [3.63, 3.8) is 0 Å². The molecule has 0 atom stereocenters. The average molecular weight is 286 g/mol. The molecule has 88 valence electrons. The minimum atomic E-state index is -0.388. The molecule has 0 saturated heterocycles. The summed E-state index contributed by atoms with van der Waals surface area (Å²) in [5.41, 5.74) is 1.75. The van der Waals surface area contributed by atoms with Crippen LogP contribution in [-0.4, -0.2) is 10.2 Å². The molecule has 17 heavy (non-hydrogen) atoms. The standard InChI is InChI=1S/C12H9Cl2NOS/c1-7-10(6-11(14)16)15-12(17-7)8-2-4-9(13)5-3-8/h2-5H,6H2,1H3. The highest BCUT2D eigenvalue weighted by atomic mass is 35.5. The van der Waals surface area contributed by atoms with Crippen LogP contribution < -0.4 is 0 Å². The van der Waals surface area contributed by atoms with Crippen molar-refractivity contribution in [1.29, 1.82) is 0 Å². The first kappa shape index (κ1) is 12.6. The fraction of sp³-hybridized carbons (Fsp3) is 0.167. The summed E-state index contributed by atoms with van der Waals surface area (Å²) in [6.07, 6.45) is 0.178. The molecular formula is C12H9Cl2NOS. The van der Waals surface area contributed by atoms with Crippen LogP contribution in [0.15, 0.2) is 24.3 Å². The molecule has 1 aromatic heterocycles. The summed E-state index contributed by atoms with van der Waals surface area (Å²) in [6.45, 7) is 1.94. The van der Waals surface area contributed by atoms with Crippen molar-refractivity contribution in [2.75, 3.05) is 0 Å². The molecular weight excluding hydrogens is 277 g/mol. The van der Waals surface area contributed by atoms with Gasteiger partial charge in [-0.1, -0.05) is 23.7 Å². The summed E-state index contributed by atoms with van der Waals surface area (Å²) >= 11 is 12.7. The maximum Gasteiger partial charge on any atom is 0.227 e. The van der Waals surface area contributed by atoms with Gasteiger partial charge in [0.25, 0.3) is 0 Å². The van der Waals surface area contributed by atoms with Crippen LogP contribution in [0.5, 0.6) is 0 Å². The van der Waals surface area contributed by atoms with E-state index in [1.165, 1.54) is 0 Å². The minimum Gasteiger partial charge on any atom is -0.281 e. The van der Waals surface area contributed by atoms with Gasteiger partial charge in [0.1, 0.15) is 5.01 Å². The Balaban J connectivity index is 2.34. The van der Waals surface area contributed by atoms with E-state index in [0.29, 0.717) is 5.02 Å². The Morgan fingerprint density at radius 1 is 1.35 bits per heavy atom. The average Bonchev–Trinajstić information content (AvgIpc) is 2.60.